The molecule has 0 saturated heterocycles. The first-order valence-electron chi connectivity index (χ1n) is 6.76. The smallest absolute Gasteiger partial charge is 0.124 e. The normalized spacial score (nSPS) is 12.0. The van der Waals surface area contributed by atoms with E-state index < -0.39 is 0 Å². The Kier molecular flexibility index (Phi) is 4.81. The standard InChI is InChI=1S/C17H20FNO2/c1-11-5-7-13(16(9-11)21-4)17(19-2)14-10-12(18)6-8-15(14)20-3/h5-10,17,19H,1-4H3. The van der Waals surface area contributed by atoms with E-state index in [4.69, 9.17) is 9.47 Å². The van der Waals surface area contributed by atoms with Crippen LogP contribution in [0.3, 0.4) is 0 Å². The van der Waals surface area contributed by atoms with E-state index in [1.165, 1.54) is 12.1 Å². The first kappa shape index (κ1) is 15.3. The Morgan fingerprint density at radius 3 is 2.29 bits per heavy atom. The van der Waals surface area contributed by atoms with Gasteiger partial charge >= 0.3 is 0 Å². The number of methoxy groups -OCH3 is 2. The van der Waals surface area contributed by atoms with E-state index in [1.807, 2.05) is 32.2 Å². The monoisotopic (exact) mass is 289 g/mol. The van der Waals surface area contributed by atoms with Crippen molar-refractivity contribution in [1.82, 2.24) is 5.32 Å². The zero-order chi connectivity index (χ0) is 15.4. The van der Waals surface area contributed by atoms with Gasteiger partial charge in [-0.25, -0.2) is 4.39 Å². The van der Waals surface area contributed by atoms with Gasteiger partial charge in [-0.2, -0.15) is 0 Å². The molecule has 2 aromatic carbocycles. The summed E-state index contributed by atoms with van der Waals surface area (Å²) in [6, 6.07) is 10.3. The van der Waals surface area contributed by atoms with Gasteiger partial charge in [-0.3, -0.25) is 0 Å². The van der Waals surface area contributed by atoms with Gasteiger partial charge in [0.2, 0.25) is 0 Å². The fourth-order valence-electron chi connectivity index (χ4n) is 2.47. The highest BCUT2D eigenvalue weighted by Crippen LogP contribution is 2.35. The Bertz CT molecular complexity index is 628. The van der Waals surface area contributed by atoms with Crippen LogP contribution >= 0.6 is 0 Å². The maximum atomic E-state index is 13.6. The van der Waals surface area contributed by atoms with Crippen molar-refractivity contribution in [1.29, 1.82) is 0 Å². The number of halogens is 1. The van der Waals surface area contributed by atoms with Crippen LogP contribution in [-0.4, -0.2) is 21.3 Å². The van der Waals surface area contributed by atoms with Crippen molar-refractivity contribution in [3.63, 3.8) is 0 Å². The summed E-state index contributed by atoms with van der Waals surface area (Å²) in [7, 11) is 5.04. The van der Waals surface area contributed by atoms with Gasteiger partial charge < -0.3 is 14.8 Å². The van der Waals surface area contributed by atoms with Crippen LogP contribution in [0.1, 0.15) is 22.7 Å². The van der Waals surface area contributed by atoms with Crippen molar-refractivity contribution in [2.24, 2.45) is 0 Å². The molecule has 4 heteroatoms. The molecule has 2 rings (SSSR count). The second-order valence-corrected chi connectivity index (χ2v) is 4.85. The summed E-state index contributed by atoms with van der Waals surface area (Å²) < 4.78 is 24.4. The molecule has 0 amide bonds. The molecule has 3 nitrogen and oxygen atoms in total. The largest absolute Gasteiger partial charge is 0.496 e. The van der Waals surface area contributed by atoms with Gasteiger partial charge in [0, 0.05) is 11.1 Å². The zero-order valence-electron chi connectivity index (χ0n) is 12.7. The third kappa shape index (κ3) is 3.16. The number of ether oxygens (including phenoxy) is 2. The molecule has 1 unspecified atom stereocenters. The number of benzene rings is 2. The van der Waals surface area contributed by atoms with Crippen LogP contribution in [0.4, 0.5) is 4.39 Å². The summed E-state index contributed by atoms with van der Waals surface area (Å²) in [5.74, 6) is 1.11. The summed E-state index contributed by atoms with van der Waals surface area (Å²) in [6.07, 6.45) is 0. The van der Waals surface area contributed by atoms with Crippen molar-refractivity contribution in [2.75, 3.05) is 21.3 Å². The minimum Gasteiger partial charge on any atom is -0.496 e. The van der Waals surface area contributed by atoms with E-state index in [9.17, 15) is 4.39 Å². The zero-order valence-corrected chi connectivity index (χ0v) is 12.7. The topological polar surface area (TPSA) is 30.5 Å². The minimum atomic E-state index is -0.294. The fourth-order valence-corrected chi connectivity index (χ4v) is 2.47. The lowest BCUT2D eigenvalue weighted by Gasteiger charge is -2.22. The van der Waals surface area contributed by atoms with Gasteiger partial charge in [-0.1, -0.05) is 12.1 Å². The molecule has 0 spiro atoms. The molecule has 0 bridgehead atoms. The van der Waals surface area contributed by atoms with Crippen LogP contribution in [0.25, 0.3) is 0 Å². The van der Waals surface area contributed by atoms with E-state index in [2.05, 4.69) is 5.32 Å². The third-order valence-corrected chi connectivity index (χ3v) is 3.49. The van der Waals surface area contributed by atoms with Crippen LogP contribution in [-0.2, 0) is 0 Å². The first-order chi connectivity index (χ1) is 10.1. The molecule has 0 aliphatic carbocycles. The Hall–Kier alpha value is -2.07. The second kappa shape index (κ2) is 6.59. The molecule has 0 heterocycles. The molecule has 2 aromatic rings. The molecule has 21 heavy (non-hydrogen) atoms. The maximum Gasteiger partial charge on any atom is 0.124 e. The molecular formula is C17H20FNO2. The molecule has 1 atom stereocenters. The molecule has 1 N–H and O–H groups in total. The van der Waals surface area contributed by atoms with E-state index in [0.29, 0.717) is 5.75 Å². The Balaban J connectivity index is 2.57. The van der Waals surface area contributed by atoms with Gasteiger partial charge in [0.05, 0.1) is 20.3 Å². The predicted octanol–water partition coefficient (Wildman–Crippen LogP) is 3.46. The number of hydrogen-bond donors (Lipinski definition) is 1. The molecule has 0 radical (unpaired) electrons. The van der Waals surface area contributed by atoms with Crippen molar-refractivity contribution in [3.8, 4) is 11.5 Å². The van der Waals surface area contributed by atoms with Crippen molar-refractivity contribution in [3.05, 3.63) is 58.9 Å². The molecule has 0 aliphatic heterocycles. The maximum absolute atomic E-state index is 13.6. The molecule has 0 aromatic heterocycles. The highest BCUT2D eigenvalue weighted by molar-refractivity contribution is 5.48. The number of rotatable bonds is 5. The molecule has 112 valence electrons. The van der Waals surface area contributed by atoms with Gasteiger partial charge in [0.25, 0.3) is 0 Å². The fraction of sp³-hybridized carbons (Fsp3) is 0.294. The Morgan fingerprint density at radius 2 is 1.67 bits per heavy atom. The quantitative estimate of drug-likeness (QED) is 0.914. The van der Waals surface area contributed by atoms with Gasteiger partial charge in [0.1, 0.15) is 17.3 Å². The minimum absolute atomic E-state index is 0.216. The predicted molar refractivity (Wildman–Crippen MR) is 81.6 cm³/mol. The lowest BCUT2D eigenvalue weighted by molar-refractivity contribution is 0.394. The number of aryl methyl sites for hydroxylation is 1. The van der Waals surface area contributed by atoms with Crippen LogP contribution in [0.2, 0.25) is 0 Å². The summed E-state index contributed by atoms with van der Waals surface area (Å²) in [4.78, 5) is 0. The van der Waals surface area contributed by atoms with Crippen LogP contribution < -0.4 is 14.8 Å². The van der Waals surface area contributed by atoms with Gasteiger partial charge in [-0.05, 0) is 43.8 Å². The van der Waals surface area contributed by atoms with Crippen molar-refractivity contribution in [2.45, 2.75) is 13.0 Å². The number of hydrogen-bond acceptors (Lipinski definition) is 3. The van der Waals surface area contributed by atoms with Crippen molar-refractivity contribution < 1.29 is 13.9 Å². The van der Waals surface area contributed by atoms with Crippen LogP contribution in [0, 0.1) is 12.7 Å². The van der Waals surface area contributed by atoms with Crippen LogP contribution in [0.15, 0.2) is 36.4 Å². The van der Waals surface area contributed by atoms with Gasteiger partial charge in [-0.15, -0.1) is 0 Å². The van der Waals surface area contributed by atoms with E-state index in [1.54, 1.807) is 20.3 Å². The highest BCUT2D eigenvalue weighted by Gasteiger charge is 2.20. The average molecular weight is 289 g/mol. The average Bonchev–Trinajstić information content (AvgIpc) is 2.49. The summed E-state index contributed by atoms with van der Waals surface area (Å²) in [6.45, 7) is 2.00. The first-order valence-corrected chi connectivity index (χ1v) is 6.76. The van der Waals surface area contributed by atoms with Crippen molar-refractivity contribution >= 4 is 0 Å². The van der Waals surface area contributed by atoms with Gasteiger partial charge in [0.15, 0.2) is 0 Å². The number of nitrogens with one attached hydrogen (secondary N) is 1. The third-order valence-electron chi connectivity index (χ3n) is 3.49. The SMILES string of the molecule is CNC(c1ccc(C)cc1OC)c1cc(F)ccc1OC. The molecule has 0 fully saturated rings. The highest BCUT2D eigenvalue weighted by atomic mass is 19.1. The molecule has 0 aliphatic rings. The van der Waals surface area contributed by atoms with E-state index >= 15 is 0 Å². The molecular weight excluding hydrogens is 269 g/mol. The summed E-state index contributed by atoms with van der Waals surface area (Å²) >= 11 is 0. The summed E-state index contributed by atoms with van der Waals surface area (Å²) in [5, 5.41) is 3.20. The lowest BCUT2D eigenvalue weighted by atomic mass is 9.96. The Labute approximate surface area is 124 Å². The summed E-state index contributed by atoms with van der Waals surface area (Å²) in [5.41, 5.74) is 2.79. The van der Waals surface area contributed by atoms with Crippen LogP contribution in [0.5, 0.6) is 11.5 Å². The molecule has 0 saturated carbocycles. The van der Waals surface area contributed by atoms with E-state index in [-0.39, 0.29) is 11.9 Å². The van der Waals surface area contributed by atoms with E-state index in [0.717, 1.165) is 22.4 Å². The Morgan fingerprint density at radius 1 is 0.952 bits per heavy atom. The second-order valence-electron chi connectivity index (χ2n) is 4.85. The lowest BCUT2D eigenvalue weighted by Crippen LogP contribution is -2.19.